The summed E-state index contributed by atoms with van der Waals surface area (Å²) in [6, 6.07) is 10.6. The Labute approximate surface area is 186 Å². The number of anilines is 1. The van der Waals surface area contributed by atoms with Gasteiger partial charge in [0, 0.05) is 6.42 Å². The number of sulfonamides is 1. The van der Waals surface area contributed by atoms with Crippen molar-refractivity contribution in [2.24, 2.45) is 0 Å². The van der Waals surface area contributed by atoms with Crippen molar-refractivity contribution in [2.75, 3.05) is 10.5 Å². The molecule has 0 saturated heterocycles. The molecule has 0 fully saturated rings. The van der Waals surface area contributed by atoms with Crippen LogP contribution in [0.4, 0.5) is 18.3 Å². The van der Waals surface area contributed by atoms with Crippen molar-refractivity contribution in [3.05, 3.63) is 59.1 Å². The number of alkyl halides is 3. The molecule has 1 aromatic heterocycles. The van der Waals surface area contributed by atoms with Gasteiger partial charge < -0.3 is 4.74 Å². The first-order chi connectivity index (χ1) is 14.9. The van der Waals surface area contributed by atoms with Gasteiger partial charge in [0.2, 0.25) is 5.13 Å². The van der Waals surface area contributed by atoms with Crippen LogP contribution in [-0.2, 0) is 26.3 Å². The standard InChI is InChI=1S/C18H16F3N3O5S3/c1-12-6-8-13(9-7-12)31(25,26)11-10-16-22-23-17(30-16)24-32(27,28)15-5-3-2-4-14(15)29-18(19,20)21/h2-9H,10-11H2,1H3,(H,23,24). The van der Waals surface area contributed by atoms with Gasteiger partial charge in [-0.05, 0) is 31.2 Å². The maximum Gasteiger partial charge on any atom is 0.573 e. The number of nitrogens with zero attached hydrogens (tertiary/aromatic N) is 2. The zero-order chi connectivity index (χ0) is 23.6. The number of benzene rings is 2. The lowest BCUT2D eigenvalue weighted by atomic mass is 10.2. The van der Waals surface area contributed by atoms with Crippen molar-refractivity contribution in [1.29, 1.82) is 0 Å². The number of para-hydroxylation sites is 1. The van der Waals surface area contributed by atoms with Crippen LogP contribution >= 0.6 is 11.3 Å². The Balaban J connectivity index is 1.72. The van der Waals surface area contributed by atoms with Crippen molar-refractivity contribution >= 4 is 36.3 Å². The van der Waals surface area contributed by atoms with Crippen molar-refractivity contribution < 1.29 is 34.7 Å². The Kier molecular flexibility index (Phi) is 6.76. The van der Waals surface area contributed by atoms with E-state index in [1.807, 2.05) is 11.6 Å². The molecule has 0 unspecified atom stereocenters. The number of aromatic nitrogens is 2. The van der Waals surface area contributed by atoms with E-state index in [9.17, 15) is 30.0 Å². The molecule has 0 atom stereocenters. The molecule has 172 valence electrons. The van der Waals surface area contributed by atoms with Gasteiger partial charge in [0.25, 0.3) is 10.0 Å². The van der Waals surface area contributed by atoms with E-state index in [0.717, 1.165) is 29.0 Å². The zero-order valence-electron chi connectivity index (χ0n) is 16.3. The predicted octanol–water partition coefficient (Wildman–Crippen LogP) is 3.56. The summed E-state index contributed by atoms with van der Waals surface area (Å²) in [5, 5.41) is 7.40. The number of rotatable bonds is 8. The second-order valence-electron chi connectivity index (χ2n) is 6.48. The van der Waals surface area contributed by atoms with Crippen LogP contribution < -0.4 is 9.46 Å². The minimum absolute atomic E-state index is 0.0244. The number of hydrogen-bond donors (Lipinski definition) is 1. The zero-order valence-corrected chi connectivity index (χ0v) is 18.8. The average molecular weight is 508 g/mol. The largest absolute Gasteiger partial charge is 0.573 e. The molecule has 32 heavy (non-hydrogen) atoms. The summed E-state index contributed by atoms with van der Waals surface area (Å²) >= 11 is 0.772. The summed E-state index contributed by atoms with van der Waals surface area (Å²) in [7, 11) is -8.07. The minimum atomic E-state index is -5.08. The molecule has 0 radical (unpaired) electrons. The van der Waals surface area contributed by atoms with Gasteiger partial charge in [0.1, 0.15) is 15.7 Å². The number of nitrogens with one attached hydrogen (secondary N) is 1. The number of ether oxygens (including phenoxy) is 1. The summed E-state index contributed by atoms with van der Waals surface area (Å²) in [6.45, 7) is 1.83. The van der Waals surface area contributed by atoms with Gasteiger partial charge in [0.05, 0.1) is 10.6 Å². The van der Waals surface area contributed by atoms with E-state index >= 15 is 0 Å². The van der Waals surface area contributed by atoms with Gasteiger partial charge in [-0.25, -0.2) is 16.8 Å². The van der Waals surface area contributed by atoms with Crippen molar-refractivity contribution in [3.63, 3.8) is 0 Å². The number of aryl methyl sites for hydroxylation is 2. The molecule has 0 spiro atoms. The molecule has 14 heteroatoms. The van der Waals surface area contributed by atoms with Gasteiger partial charge in [0.15, 0.2) is 9.84 Å². The summed E-state index contributed by atoms with van der Waals surface area (Å²) in [4.78, 5) is -0.592. The molecule has 3 rings (SSSR count). The summed E-state index contributed by atoms with van der Waals surface area (Å²) in [6.07, 6.45) is -5.10. The summed E-state index contributed by atoms with van der Waals surface area (Å²) in [5.74, 6) is -1.18. The van der Waals surface area contributed by atoms with Crippen LogP contribution in [0.1, 0.15) is 10.6 Å². The third-order valence-electron chi connectivity index (χ3n) is 4.02. The highest BCUT2D eigenvalue weighted by Gasteiger charge is 2.34. The van der Waals surface area contributed by atoms with Crippen LogP contribution in [0.2, 0.25) is 0 Å². The summed E-state index contributed by atoms with van der Waals surface area (Å²) < 4.78 is 93.4. The lowest BCUT2D eigenvalue weighted by Crippen LogP contribution is -2.20. The highest BCUT2D eigenvalue weighted by molar-refractivity contribution is 7.93. The first-order valence-electron chi connectivity index (χ1n) is 8.85. The van der Waals surface area contributed by atoms with Gasteiger partial charge in [-0.15, -0.1) is 23.4 Å². The van der Waals surface area contributed by atoms with Crippen LogP contribution in [0.25, 0.3) is 0 Å². The van der Waals surface area contributed by atoms with Gasteiger partial charge >= 0.3 is 6.36 Å². The first kappa shape index (κ1) is 23.9. The van der Waals surface area contributed by atoms with Gasteiger partial charge in [-0.3, -0.25) is 4.72 Å². The molecule has 0 saturated carbocycles. The SMILES string of the molecule is Cc1ccc(S(=O)(=O)CCc2nnc(NS(=O)(=O)c3ccccc3OC(F)(F)F)s2)cc1. The van der Waals surface area contributed by atoms with E-state index in [1.165, 1.54) is 24.3 Å². The third kappa shape index (κ3) is 6.17. The van der Waals surface area contributed by atoms with Crippen molar-refractivity contribution in [1.82, 2.24) is 10.2 Å². The van der Waals surface area contributed by atoms with Crippen LogP contribution in [0.5, 0.6) is 5.75 Å². The molecule has 1 heterocycles. The molecular weight excluding hydrogens is 491 g/mol. The van der Waals surface area contributed by atoms with Crippen molar-refractivity contribution in [2.45, 2.75) is 29.5 Å². The van der Waals surface area contributed by atoms with E-state index in [2.05, 4.69) is 14.9 Å². The fourth-order valence-electron chi connectivity index (χ4n) is 2.53. The predicted molar refractivity (Wildman–Crippen MR) is 111 cm³/mol. The lowest BCUT2D eigenvalue weighted by Gasteiger charge is -2.13. The number of halogens is 3. The molecule has 0 aliphatic carbocycles. The Bertz CT molecular complexity index is 1310. The summed E-state index contributed by atoms with van der Waals surface area (Å²) in [5.41, 5.74) is 0.909. The van der Waals surface area contributed by atoms with Gasteiger partial charge in [-0.1, -0.05) is 41.2 Å². The van der Waals surface area contributed by atoms with Crippen LogP contribution in [0.3, 0.4) is 0 Å². The Hall–Kier alpha value is -2.71. The van der Waals surface area contributed by atoms with E-state index in [4.69, 9.17) is 0 Å². The quantitative estimate of drug-likeness (QED) is 0.496. The molecule has 3 aromatic rings. The second kappa shape index (κ2) is 9.03. The molecule has 0 bridgehead atoms. The van der Waals surface area contributed by atoms with E-state index in [0.29, 0.717) is 0 Å². The molecule has 0 aliphatic heterocycles. The Morgan fingerprint density at radius 2 is 1.66 bits per heavy atom. The molecule has 8 nitrogen and oxygen atoms in total. The monoisotopic (exact) mass is 507 g/mol. The Morgan fingerprint density at radius 1 is 1.00 bits per heavy atom. The number of sulfone groups is 1. The molecule has 0 aliphatic rings. The van der Waals surface area contributed by atoms with Crippen LogP contribution in [0.15, 0.2) is 58.3 Å². The molecule has 0 amide bonds. The lowest BCUT2D eigenvalue weighted by molar-refractivity contribution is -0.275. The highest BCUT2D eigenvalue weighted by atomic mass is 32.2. The van der Waals surface area contributed by atoms with Crippen LogP contribution in [0, 0.1) is 6.92 Å². The fourth-order valence-corrected chi connectivity index (χ4v) is 6.01. The molecular formula is C18H16F3N3O5S3. The maximum atomic E-state index is 12.6. The third-order valence-corrected chi connectivity index (χ3v) is 8.16. The second-order valence-corrected chi connectivity index (χ2v) is 11.3. The first-order valence-corrected chi connectivity index (χ1v) is 12.8. The number of hydrogen-bond acceptors (Lipinski definition) is 8. The van der Waals surface area contributed by atoms with E-state index in [-0.39, 0.29) is 27.2 Å². The highest BCUT2D eigenvalue weighted by Crippen LogP contribution is 2.31. The minimum Gasteiger partial charge on any atom is -0.404 e. The topological polar surface area (TPSA) is 115 Å². The van der Waals surface area contributed by atoms with Gasteiger partial charge in [-0.2, -0.15) is 0 Å². The maximum absolute atomic E-state index is 12.6. The average Bonchev–Trinajstić information content (AvgIpc) is 3.12. The smallest absolute Gasteiger partial charge is 0.404 e. The van der Waals surface area contributed by atoms with E-state index in [1.54, 1.807) is 12.1 Å². The molecule has 1 N–H and O–H groups in total. The Morgan fingerprint density at radius 3 is 2.31 bits per heavy atom. The fraction of sp³-hybridized carbons (Fsp3) is 0.222. The van der Waals surface area contributed by atoms with E-state index < -0.39 is 36.9 Å². The normalized spacial score (nSPS) is 12.5. The van der Waals surface area contributed by atoms with Crippen molar-refractivity contribution in [3.8, 4) is 5.75 Å². The molecule has 2 aromatic carbocycles. The van der Waals surface area contributed by atoms with Crippen LogP contribution in [-0.4, -0.2) is 39.1 Å².